The summed E-state index contributed by atoms with van der Waals surface area (Å²) in [5.74, 6) is 0. The van der Waals surface area contributed by atoms with E-state index in [0.717, 1.165) is 31.9 Å². The quantitative estimate of drug-likeness (QED) is 0.873. The number of likely N-dealkylation sites (N-methyl/N-ethyl adjacent to an activating group) is 1. The first-order valence-electron chi connectivity index (χ1n) is 7.07. The number of halogens is 3. The van der Waals surface area contributed by atoms with Crippen LogP contribution < -0.4 is 0 Å². The molecule has 0 bridgehead atoms. The molecule has 3 heterocycles. The molecule has 0 radical (unpaired) electrons. The Bertz CT molecular complexity index is 635. The van der Waals surface area contributed by atoms with Crippen molar-refractivity contribution in [2.75, 3.05) is 13.6 Å². The standard InChI is InChI=1S/C14H16F3N5/c1-21-5-2-3-10(21)9-22-6-4-11(20-22)12-7-19-13(8-18-12)14(15,16)17/h4,6-8,10H,2-3,5,9H2,1H3/t10-/m0/s1. The summed E-state index contributed by atoms with van der Waals surface area (Å²) in [5.41, 5.74) is -0.128. The van der Waals surface area contributed by atoms with Crippen LogP contribution in [0.15, 0.2) is 24.7 Å². The summed E-state index contributed by atoms with van der Waals surface area (Å²) >= 11 is 0. The highest BCUT2D eigenvalue weighted by Gasteiger charge is 2.32. The topological polar surface area (TPSA) is 46.8 Å². The van der Waals surface area contributed by atoms with Crippen LogP contribution >= 0.6 is 0 Å². The van der Waals surface area contributed by atoms with Crippen LogP contribution in [-0.4, -0.2) is 44.3 Å². The zero-order valence-electron chi connectivity index (χ0n) is 12.1. The normalized spacial score (nSPS) is 19.7. The lowest BCUT2D eigenvalue weighted by Crippen LogP contribution is -2.29. The summed E-state index contributed by atoms with van der Waals surface area (Å²) in [4.78, 5) is 9.50. The Morgan fingerprint density at radius 2 is 2.05 bits per heavy atom. The van der Waals surface area contributed by atoms with Crippen LogP contribution in [-0.2, 0) is 12.7 Å². The van der Waals surface area contributed by atoms with Crippen LogP contribution in [0.1, 0.15) is 18.5 Å². The van der Waals surface area contributed by atoms with Crippen LogP contribution in [0, 0.1) is 0 Å². The molecule has 1 aliphatic rings. The molecule has 0 aromatic carbocycles. The number of hydrogen-bond acceptors (Lipinski definition) is 4. The van der Waals surface area contributed by atoms with Crippen molar-refractivity contribution in [3.63, 3.8) is 0 Å². The fraction of sp³-hybridized carbons (Fsp3) is 0.500. The zero-order chi connectivity index (χ0) is 15.7. The predicted octanol–water partition coefficient (Wildman–Crippen LogP) is 2.45. The molecule has 1 saturated heterocycles. The van der Waals surface area contributed by atoms with E-state index in [1.807, 2.05) is 6.20 Å². The third-order valence-corrected chi connectivity index (χ3v) is 3.91. The molecule has 2 aromatic rings. The number of rotatable bonds is 3. The Morgan fingerprint density at radius 1 is 1.23 bits per heavy atom. The van der Waals surface area contributed by atoms with E-state index in [9.17, 15) is 13.2 Å². The Morgan fingerprint density at radius 3 is 2.64 bits per heavy atom. The molecule has 0 N–H and O–H groups in total. The van der Waals surface area contributed by atoms with Gasteiger partial charge in [0.05, 0.1) is 18.9 Å². The van der Waals surface area contributed by atoms with E-state index in [1.165, 1.54) is 6.42 Å². The van der Waals surface area contributed by atoms with Gasteiger partial charge in [0.1, 0.15) is 11.4 Å². The molecule has 0 unspecified atom stereocenters. The maximum absolute atomic E-state index is 12.5. The first-order valence-corrected chi connectivity index (χ1v) is 7.07. The van der Waals surface area contributed by atoms with Crippen molar-refractivity contribution in [1.29, 1.82) is 0 Å². The molecule has 8 heteroatoms. The Balaban J connectivity index is 1.73. The van der Waals surface area contributed by atoms with Gasteiger partial charge in [0.25, 0.3) is 0 Å². The van der Waals surface area contributed by atoms with Crippen LogP contribution in [0.3, 0.4) is 0 Å². The third kappa shape index (κ3) is 3.11. The van der Waals surface area contributed by atoms with E-state index < -0.39 is 11.9 Å². The molecule has 1 fully saturated rings. The molecule has 22 heavy (non-hydrogen) atoms. The van der Waals surface area contributed by atoms with Gasteiger partial charge in [-0.25, -0.2) is 4.98 Å². The second-order valence-electron chi connectivity index (χ2n) is 5.48. The minimum absolute atomic E-state index is 0.339. The van der Waals surface area contributed by atoms with Gasteiger partial charge in [0, 0.05) is 12.2 Å². The minimum Gasteiger partial charge on any atom is -0.302 e. The molecular formula is C14H16F3N5. The van der Waals surface area contributed by atoms with Gasteiger partial charge >= 0.3 is 6.18 Å². The van der Waals surface area contributed by atoms with Gasteiger partial charge in [-0.15, -0.1) is 0 Å². The summed E-state index contributed by atoms with van der Waals surface area (Å²) in [6, 6.07) is 2.19. The van der Waals surface area contributed by atoms with Crippen molar-refractivity contribution < 1.29 is 13.2 Å². The maximum atomic E-state index is 12.5. The lowest BCUT2D eigenvalue weighted by molar-refractivity contribution is -0.141. The predicted molar refractivity (Wildman–Crippen MR) is 73.9 cm³/mol. The molecule has 0 aliphatic carbocycles. The zero-order valence-corrected chi connectivity index (χ0v) is 12.1. The van der Waals surface area contributed by atoms with Gasteiger partial charge in [-0.1, -0.05) is 0 Å². The Hall–Kier alpha value is -1.96. The van der Waals surface area contributed by atoms with Crippen LogP contribution in [0.25, 0.3) is 11.4 Å². The summed E-state index contributed by atoms with van der Waals surface area (Å²) in [6.07, 6.45) is 1.50. The van der Waals surface area contributed by atoms with Crippen LogP contribution in [0.5, 0.6) is 0 Å². The smallest absolute Gasteiger partial charge is 0.302 e. The fourth-order valence-corrected chi connectivity index (χ4v) is 2.63. The summed E-state index contributed by atoms with van der Waals surface area (Å²) in [5, 5.41) is 4.38. The van der Waals surface area contributed by atoms with Gasteiger partial charge in [-0.2, -0.15) is 18.3 Å². The molecule has 1 atom stereocenters. The summed E-state index contributed by atoms with van der Waals surface area (Å²) in [6.45, 7) is 1.85. The van der Waals surface area contributed by atoms with Crippen molar-refractivity contribution in [3.05, 3.63) is 30.4 Å². The van der Waals surface area contributed by atoms with Gasteiger partial charge in [0.15, 0.2) is 5.69 Å². The van der Waals surface area contributed by atoms with Gasteiger partial charge < -0.3 is 4.90 Å². The van der Waals surface area contributed by atoms with E-state index in [-0.39, 0.29) is 0 Å². The molecular weight excluding hydrogens is 295 g/mol. The fourth-order valence-electron chi connectivity index (χ4n) is 2.63. The number of likely N-dealkylation sites (tertiary alicyclic amines) is 1. The molecule has 5 nitrogen and oxygen atoms in total. The van der Waals surface area contributed by atoms with E-state index in [4.69, 9.17) is 0 Å². The highest BCUT2D eigenvalue weighted by Crippen LogP contribution is 2.27. The van der Waals surface area contributed by atoms with Gasteiger partial charge in [-0.3, -0.25) is 9.67 Å². The lowest BCUT2D eigenvalue weighted by atomic mass is 10.2. The maximum Gasteiger partial charge on any atom is 0.434 e. The Labute approximate surface area is 125 Å². The number of hydrogen-bond donors (Lipinski definition) is 0. The first kappa shape index (κ1) is 15.0. The molecule has 118 valence electrons. The average molecular weight is 311 g/mol. The van der Waals surface area contributed by atoms with Gasteiger partial charge in [-0.05, 0) is 32.5 Å². The highest BCUT2D eigenvalue weighted by molar-refractivity contribution is 5.51. The van der Waals surface area contributed by atoms with Crippen molar-refractivity contribution >= 4 is 0 Å². The van der Waals surface area contributed by atoms with E-state index in [1.54, 1.807) is 10.7 Å². The monoisotopic (exact) mass is 311 g/mol. The number of nitrogens with zero attached hydrogens (tertiary/aromatic N) is 5. The molecule has 0 amide bonds. The van der Waals surface area contributed by atoms with Crippen molar-refractivity contribution in [1.82, 2.24) is 24.6 Å². The summed E-state index contributed by atoms with van der Waals surface area (Å²) < 4.78 is 39.2. The lowest BCUT2D eigenvalue weighted by Gasteiger charge is -2.18. The molecule has 0 spiro atoms. The van der Waals surface area contributed by atoms with Crippen LogP contribution in [0.4, 0.5) is 13.2 Å². The van der Waals surface area contributed by atoms with Crippen molar-refractivity contribution in [2.45, 2.75) is 31.6 Å². The third-order valence-electron chi connectivity index (χ3n) is 3.91. The molecule has 3 rings (SSSR count). The van der Waals surface area contributed by atoms with E-state index in [2.05, 4.69) is 27.0 Å². The largest absolute Gasteiger partial charge is 0.434 e. The minimum atomic E-state index is -4.47. The average Bonchev–Trinajstić information content (AvgIpc) is 3.09. The van der Waals surface area contributed by atoms with Crippen molar-refractivity contribution in [2.24, 2.45) is 0 Å². The highest BCUT2D eigenvalue weighted by atomic mass is 19.4. The number of alkyl halides is 3. The van der Waals surface area contributed by atoms with Crippen molar-refractivity contribution in [3.8, 4) is 11.4 Å². The molecule has 2 aromatic heterocycles. The SMILES string of the molecule is CN1CCC[C@H]1Cn1ccc(-c2cnc(C(F)(F)F)cn2)n1. The van der Waals surface area contributed by atoms with E-state index >= 15 is 0 Å². The second-order valence-corrected chi connectivity index (χ2v) is 5.48. The summed E-state index contributed by atoms with van der Waals surface area (Å²) in [7, 11) is 2.09. The molecule has 1 aliphatic heterocycles. The Kier molecular flexibility index (Phi) is 3.86. The van der Waals surface area contributed by atoms with Gasteiger partial charge in [0.2, 0.25) is 0 Å². The second kappa shape index (κ2) is 5.68. The van der Waals surface area contributed by atoms with Crippen LogP contribution in [0.2, 0.25) is 0 Å². The number of aromatic nitrogens is 4. The van der Waals surface area contributed by atoms with E-state index in [0.29, 0.717) is 17.4 Å². The molecule has 0 saturated carbocycles. The first-order chi connectivity index (χ1) is 10.4.